The summed E-state index contributed by atoms with van der Waals surface area (Å²) in [6.45, 7) is 6.62. The fourth-order valence-corrected chi connectivity index (χ4v) is 1.96. The van der Waals surface area contributed by atoms with Gasteiger partial charge in [-0.1, -0.05) is 6.07 Å². The first kappa shape index (κ1) is 24.8. The monoisotopic (exact) mass is 489 g/mol. The number of alkyl halides is 3. The number of guanidine groups is 1. The Labute approximate surface area is 169 Å². The van der Waals surface area contributed by atoms with Gasteiger partial charge in [-0.25, -0.2) is 4.99 Å². The summed E-state index contributed by atoms with van der Waals surface area (Å²) in [6.07, 6.45) is -4.47. The summed E-state index contributed by atoms with van der Waals surface area (Å²) < 4.78 is 49.9. The van der Waals surface area contributed by atoms with Gasteiger partial charge in [0.05, 0.1) is 24.8 Å². The molecule has 0 saturated heterocycles. The van der Waals surface area contributed by atoms with Gasteiger partial charge in [-0.3, -0.25) is 0 Å². The van der Waals surface area contributed by atoms with Crippen LogP contribution in [0, 0.1) is 0 Å². The van der Waals surface area contributed by atoms with Gasteiger partial charge >= 0.3 is 6.18 Å². The number of nitrogens with one attached hydrogen (secondary N) is 2. The molecule has 0 spiro atoms. The van der Waals surface area contributed by atoms with E-state index in [2.05, 4.69) is 15.6 Å². The van der Waals surface area contributed by atoms with E-state index in [1.54, 1.807) is 7.11 Å². The lowest BCUT2D eigenvalue weighted by Crippen LogP contribution is -2.45. The summed E-state index contributed by atoms with van der Waals surface area (Å²) in [4.78, 5) is 4.25. The van der Waals surface area contributed by atoms with Crippen LogP contribution >= 0.6 is 24.0 Å². The molecule has 0 unspecified atom stereocenters. The third-order valence-electron chi connectivity index (χ3n) is 3.61. The van der Waals surface area contributed by atoms with Gasteiger partial charge in [-0.2, -0.15) is 13.2 Å². The number of ether oxygens (including phenoxy) is 2. The molecular formula is C17H27F3IN3O2. The summed E-state index contributed by atoms with van der Waals surface area (Å²) in [5, 5.41) is 6.08. The van der Waals surface area contributed by atoms with Crippen molar-refractivity contribution in [2.45, 2.75) is 39.1 Å². The van der Waals surface area contributed by atoms with Crippen molar-refractivity contribution >= 4 is 29.9 Å². The first-order valence-corrected chi connectivity index (χ1v) is 7.94. The van der Waals surface area contributed by atoms with Gasteiger partial charge in [0.1, 0.15) is 5.75 Å². The lowest BCUT2D eigenvalue weighted by Gasteiger charge is -2.24. The molecule has 0 saturated carbocycles. The molecule has 1 aromatic carbocycles. The maximum Gasteiger partial charge on any atom is 0.416 e. The van der Waals surface area contributed by atoms with Crippen molar-refractivity contribution in [3.05, 3.63) is 29.3 Å². The van der Waals surface area contributed by atoms with Crippen LogP contribution in [0.25, 0.3) is 0 Å². The SMILES string of the molecule is CCNC(=NCc1ccc(OC)cc1C(F)(F)F)NCC(C)(C)OC.I. The number of methoxy groups -OCH3 is 2. The van der Waals surface area contributed by atoms with Gasteiger partial charge in [0, 0.05) is 20.2 Å². The largest absolute Gasteiger partial charge is 0.497 e. The van der Waals surface area contributed by atoms with Crippen LogP contribution in [0.4, 0.5) is 13.2 Å². The fraction of sp³-hybridized carbons (Fsp3) is 0.588. The van der Waals surface area contributed by atoms with Crippen molar-refractivity contribution in [2.24, 2.45) is 4.99 Å². The number of rotatable bonds is 7. The Hall–Kier alpha value is -1.23. The van der Waals surface area contributed by atoms with Crippen molar-refractivity contribution in [1.82, 2.24) is 10.6 Å². The minimum Gasteiger partial charge on any atom is -0.497 e. The standard InChI is InChI=1S/C17H26F3N3O2.HI/c1-6-21-15(23-11-16(2,3)25-5)22-10-12-7-8-13(24-4)9-14(12)17(18,19)20;/h7-9H,6,10-11H2,1-5H3,(H2,21,22,23);1H. The molecule has 0 aliphatic rings. The van der Waals surface area contributed by atoms with E-state index in [1.165, 1.54) is 19.2 Å². The van der Waals surface area contributed by atoms with E-state index in [1.807, 2.05) is 20.8 Å². The molecule has 1 aromatic rings. The lowest BCUT2D eigenvalue weighted by molar-refractivity contribution is -0.138. The number of aliphatic imine (C=N–C) groups is 1. The van der Waals surface area contributed by atoms with Gasteiger partial charge in [0.25, 0.3) is 0 Å². The highest BCUT2D eigenvalue weighted by Gasteiger charge is 2.33. The van der Waals surface area contributed by atoms with E-state index in [-0.39, 0.29) is 41.8 Å². The second-order valence-electron chi connectivity index (χ2n) is 6.03. The molecule has 0 aromatic heterocycles. The zero-order valence-electron chi connectivity index (χ0n) is 15.7. The molecule has 0 heterocycles. The normalized spacial score (nSPS) is 12.4. The van der Waals surface area contributed by atoms with Gasteiger partial charge in [0.2, 0.25) is 0 Å². The average molecular weight is 489 g/mol. The smallest absolute Gasteiger partial charge is 0.416 e. The maximum absolute atomic E-state index is 13.2. The van der Waals surface area contributed by atoms with E-state index in [0.29, 0.717) is 19.0 Å². The van der Waals surface area contributed by atoms with Crippen LogP contribution in [0.3, 0.4) is 0 Å². The molecule has 150 valence electrons. The molecule has 0 fully saturated rings. The number of benzene rings is 1. The Kier molecular flexibility index (Phi) is 10.3. The molecular weight excluding hydrogens is 462 g/mol. The number of nitrogens with zero attached hydrogens (tertiary/aromatic N) is 1. The molecule has 26 heavy (non-hydrogen) atoms. The first-order chi connectivity index (χ1) is 11.6. The highest BCUT2D eigenvalue weighted by molar-refractivity contribution is 14.0. The average Bonchev–Trinajstić information content (AvgIpc) is 2.56. The molecule has 2 N–H and O–H groups in total. The molecule has 0 aliphatic carbocycles. The van der Waals surface area contributed by atoms with Crippen LogP contribution in [-0.2, 0) is 17.5 Å². The molecule has 1 rings (SSSR count). The van der Waals surface area contributed by atoms with Crippen molar-refractivity contribution in [3.63, 3.8) is 0 Å². The molecule has 0 atom stereocenters. The van der Waals surface area contributed by atoms with Crippen molar-refractivity contribution in [2.75, 3.05) is 27.3 Å². The topological polar surface area (TPSA) is 54.9 Å². The van der Waals surface area contributed by atoms with Crippen LogP contribution < -0.4 is 15.4 Å². The predicted octanol–water partition coefficient (Wildman–Crippen LogP) is 3.81. The number of halogens is 4. The van der Waals surface area contributed by atoms with Crippen LogP contribution in [0.5, 0.6) is 5.75 Å². The van der Waals surface area contributed by atoms with Gasteiger partial charge in [-0.15, -0.1) is 24.0 Å². The highest BCUT2D eigenvalue weighted by atomic mass is 127. The Bertz CT molecular complexity index is 593. The Balaban J connectivity index is 0.00000625. The zero-order chi connectivity index (χ0) is 19.1. The van der Waals surface area contributed by atoms with Crippen LogP contribution in [0.15, 0.2) is 23.2 Å². The lowest BCUT2D eigenvalue weighted by atomic mass is 10.1. The Morgan fingerprint density at radius 1 is 1.15 bits per heavy atom. The van der Waals surface area contributed by atoms with Crippen LogP contribution in [-0.4, -0.2) is 38.9 Å². The van der Waals surface area contributed by atoms with Crippen molar-refractivity contribution in [1.29, 1.82) is 0 Å². The predicted molar refractivity (Wildman–Crippen MR) is 107 cm³/mol. The van der Waals surface area contributed by atoms with Gasteiger partial charge < -0.3 is 20.1 Å². The number of hydrogen-bond donors (Lipinski definition) is 2. The van der Waals surface area contributed by atoms with Gasteiger partial charge in [0.15, 0.2) is 5.96 Å². The molecule has 0 amide bonds. The van der Waals surface area contributed by atoms with Gasteiger partial charge in [-0.05, 0) is 38.5 Å². The van der Waals surface area contributed by atoms with E-state index < -0.39 is 17.3 Å². The molecule has 5 nitrogen and oxygen atoms in total. The summed E-state index contributed by atoms with van der Waals surface area (Å²) >= 11 is 0. The fourth-order valence-electron chi connectivity index (χ4n) is 1.96. The third-order valence-corrected chi connectivity index (χ3v) is 3.61. The van der Waals surface area contributed by atoms with E-state index in [0.717, 1.165) is 6.07 Å². The number of hydrogen-bond acceptors (Lipinski definition) is 3. The van der Waals surface area contributed by atoms with Crippen LogP contribution in [0.2, 0.25) is 0 Å². The van der Waals surface area contributed by atoms with Crippen molar-refractivity contribution in [3.8, 4) is 5.75 Å². The summed E-state index contributed by atoms with van der Waals surface area (Å²) in [5.41, 5.74) is -1.09. The second-order valence-corrected chi connectivity index (χ2v) is 6.03. The Morgan fingerprint density at radius 2 is 1.81 bits per heavy atom. The van der Waals surface area contributed by atoms with Crippen molar-refractivity contribution < 1.29 is 22.6 Å². The third kappa shape index (κ3) is 7.98. The second kappa shape index (κ2) is 10.8. The molecule has 0 radical (unpaired) electrons. The maximum atomic E-state index is 13.2. The summed E-state index contributed by atoms with van der Waals surface area (Å²) in [6, 6.07) is 3.86. The minimum atomic E-state index is -4.47. The van der Waals surface area contributed by atoms with Crippen LogP contribution in [0.1, 0.15) is 31.9 Å². The zero-order valence-corrected chi connectivity index (χ0v) is 18.0. The summed E-state index contributed by atoms with van der Waals surface area (Å²) in [7, 11) is 2.93. The molecule has 0 bridgehead atoms. The quantitative estimate of drug-likeness (QED) is 0.348. The Morgan fingerprint density at radius 3 is 2.31 bits per heavy atom. The van der Waals surface area contributed by atoms with E-state index >= 15 is 0 Å². The van der Waals surface area contributed by atoms with E-state index in [9.17, 15) is 13.2 Å². The highest BCUT2D eigenvalue weighted by Crippen LogP contribution is 2.34. The first-order valence-electron chi connectivity index (χ1n) is 7.94. The van der Waals surface area contributed by atoms with E-state index in [4.69, 9.17) is 9.47 Å². The molecule has 9 heteroatoms. The summed E-state index contributed by atoms with van der Waals surface area (Å²) in [5.74, 6) is 0.587. The molecule has 0 aliphatic heterocycles. The minimum absolute atomic E-state index is 0.